The minimum atomic E-state index is 0.207. The summed E-state index contributed by atoms with van der Waals surface area (Å²) >= 11 is 0. The molecule has 1 N–H and O–H groups in total. The highest BCUT2D eigenvalue weighted by molar-refractivity contribution is 5.34. The number of benzene rings is 1. The van der Waals surface area contributed by atoms with Crippen LogP contribution in [0.3, 0.4) is 0 Å². The minimum absolute atomic E-state index is 0.207. The third-order valence-electron chi connectivity index (χ3n) is 2.85. The molecule has 1 aromatic carbocycles. The van der Waals surface area contributed by atoms with Gasteiger partial charge in [-0.1, -0.05) is 18.2 Å². The first-order valence-electron chi connectivity index (χ1n) is 5.92. The Morgan fingerprint density at radius 3 is 2.94 bits per heavy atom. The van der Waals surface area contributed by atoms with Crippen LogP contribution in [0.5, 0.6) is 0 Å². The molecule has 90 valence electrons. The van der Waals surface area contributed by atoms with Gasteiger partial charge < -0.3 is 5.32 Å². The van der Waals surface area contributed by atoms with Crippen molar-refractivity contribution >= 4 is 0 Å². The number of nitrogens with one attached hydrogen (secondary N) is 1. The summed E-state index contributed by atoms with van der Waals surface area (Å²) in [7, 11) is 0. The molecule has 1 heterocycles. The molecule has 3 heteroatoms. The van der Waals surface area contributed by atoms with E-state index in [0.717, 1.165) is 17.7 Å². The van der Waals surface area contributed by atoms with E-state index in [1.807, 2.05) is 42.6 Å². The third-order valence-corrected chi connectivity index (χ3v) is 2.85. The van der Waals surface area contributed by atoms with Gasteiger partial charge in [-0.2, -0.15) is 5.26 Å². The van der Waals surface area contributed by atoms with Crippen molar-refractivity contribution in [3.63, 3.8) is 0 Å². The summed E-state index contributed by atoms with van der Waals surface area (Å²) in [5.74, 6) is 0. The lowest BCUT2D eigenvalue weighted by Gasteiger charge is -2.14. The largest absolute Gasteiger partial charge is 0.306 e. The van der Waals surface area contributed by atoms with Crippen molar-refractivity contribution in [1.29, 1.82) is 5.26 Å². The zero-order valence-corrected chi connectivity index (χ0v) is 10.3. The Bertz CT molecular complexity index is 543. The molecular formula is C15H15N3. The predicted molar refractivity (Wildman–Crippen MR) is 70.6 cm³/mol. The second-order valence-electron chi connectivity index (χ2n) is 4.20. The Labute approximate surface area is 107 Å². The lowest BCUT2D eigenvalue weighted by Crippen LogP contribution is -2.18. The number of nitriles is 1. The van der Waals surface area contributed by atoms with E-state index in [1.54, 1.807) is 6.20 Å². The molecule has 1 unspecified atom stereocenters. The van der Waals surface area contributed by atoms with Gasteiger partial charge in [-0.05, 0) is 36.2 Å². The number of pyridine rings is 1. The summed E-state index contributed by atoms with van der Waals surface area (Å²) in [6, 6.07) is 14.0. The van der Waals surface area contributed by atoms with Crippen LogP contribution in [-0.4, -0.2) is 4.98 Å². The van der Waals surface area contributed by atoms with Gasteiger partial charge in [0.2, 0.25) is 0 Å². The van der Waals surface area contributed by atoms with Crippen LogP contribution in [0.1, 0.15) is 29.7 Å². The van der Waals surface area contributed by atoms with Gasteiger partial charge in [0.1, 0.15) is 0 Å². The molecule has 0 bridgehead atoms. The monoisotopic (exact) mass is 237 g/mol. The van der Waals surface area contributed by atoms with E-state index in [-0.39, 0.29) is 6.04 Å². The van der Waals surface area contributed by atoms with E-state index < -0.39 is 0 Å². The van der Waals surface area contributed by atoms with Gasteiger partial charge in [0, 0.05) is 25.0 Å². The SMILES string of the molecule is CC(NCc1cccnc1)c1cccc(C#N)c1. The lowest BCUT2D eigenvalue weighted by molar-refractivity contribution is 0.574. The van der Waals surface area contributed by atoms with Crippen molar-refractivity contribution in [2.45, 2.75) is 19.5 Å². The first-order valence-corrected chi connectivity index (χ1v) is 5.92. The summed E-state index contributed by atoms with van der Waals surface area (Å²) in [5, 5.41) is 12.3. The Hall–Kier alpha value is -2.18. The Morgan fingerprint density at radius 2 is 2.22 bits per heavy atom. The molecule has 0 aliphatic heterocycles. The van der Waals surface area contributed by atoms with Crippen molar-refractivity contribution in [2.75, 3.05) is 0 Å². The molecular weight excluding hydrogens is 222 g/mol. The zero-order valence-electron chi connectivity index (χ0n) is 10.3. The second-order valence-corrected chi connectivity index (χ2v) is 4.20. The molecule has 2 rings (SSSR count). The molecule has 0 aliphatic carbocycles. The smallest absolute Gasteiger partial charge is 0.0991 e. The number of hydrogen-bond acceptors (Lipinski definition) is 3. The average Bonchev–Trinajstić information content (AvgIpc) is 2.46. The van der Waals surface area contributed by atoms with Crippen LogP contribution in [0.4, 0.5) is 0 Å². The molecule has 0 aliphatic rings. The van der Waals surface area contributed by atoms with Gasteiger partial charge in [0.05, 0.1) is 11.6 Å². The van der Waals surface area contributed by atoms with E-state index in [1.165, 1.54) is 0 Å². The molecule has 1 atom stereocenters. The van der Waals surface area contributed by atoms with Gasteiger partial charge in [-0.15, -0.1) is 0 Å². The first-order chi connectivity index (χ1) is 8.79. The number of aromatic nitrogens is 1. The fraction of sp³-hybridized carbons (Fsp3) is 0.200. The topological polar surface area (TPSA) is 48.7 Å². The van der Waals surface area contributed by atoms with Crippen LogP contribution in [0.15, 0.2) is 48.8 Å². The van der Waals surface area contributed by atoms with Gasteiger partial charge in [0.15, 0.2) is 0 Å². The summed E-state index contributed by atoms with van der Waals surface area (Å²) in [4.78, 5) is 4.08. The molecule has 18 heavy (non-hydrogen) atoms. The normalized spacial score (nSPS) is 11.8. The van der Waals surface area contributed by atoms with Crippen LogP contribution in [0.2, 0.25) is 0 Å². The van der Waals surface area contributed by atoms with Crippen molar-refractivity contribution in [3.05, 3.63) is 65.5 Å². The molecule has 0 saturated heterocycles. The van der Waals surface area contributed by atoms with Crippen LogP contribution in [-0.2, 0) is 6.54 Å². The van der Waals surface area contributed by atoms with Crippen LogP contribution < -0.4 is 5.32 Å². The molecule has 0 radical (unpaired) electrons. The molecule has 0 amide bonds. The highest BCUT2D eigenvalue weighted by Gasteiger charge is 2.05. The van der Waals surface area contributed by atoms with E-state index >= 15 is 0 Å². The third kappa shape index (κ3) is 3.16. The van der Waals surface area contributed by atoms with Crippen molar-refractivity contribution in [3.8, 4) is 6.07 Å². The summed E-state index contributed by atoms with van der Waals surface area (Å²) in [6.07, 6.45) is 3.62. The van der Waals surface area contributed by atoms with Crippen molar-refractivity contribution in [1.82, 2.24) is 10.3 Å². The van der Waals surface area contributed by atoms with Gasteiger partial charge in [-0.3, -0.25) is 4.98 Å². The maximum absolute atomic E-state index is 8.87. The Balaban J connectivity index is 1.99. The van der Waals surface area contributed by atoms with Crippen LogP contribution >= 0.6 is 0 Å². The number of hydrogen-bond donors (Lipinski definition) is 1. The Kier molecular flexibility index (Phi) is 4.06. The zero-order chi connectivity index (χ0) is 12.8. The molecule has 0 saturated carbocycles. The molecule has 0 fully saturated rings. The van der Waals surface area contributed by atoms with E-state index in [2.05, 4.69) is 23.3 Å². The minimum Gasteiger partial charge on any atom is -0.306 e. The van der Waals surface area contributed by atoms with Crippen molar-refractivity contribution < 1.29 is 0 Å². The number of nitrogens with zero attached hydrogens (tertiary/aromatic N) is 2. The Morgan fingerprint density at radius 1 is 1.33 bits per heavy atom. The van der Waals surface area contributed by atoms with Crippen LogP contribution in [0.25, 0.3) is 0 Å². The summed E-state index contributed by atoms with van der Waals surface area (Å²) < 4.78 is 0. The second kappa shape index (κ2) is 5.95. The van der Waals surface area contributed by atoms with E-state index in [0.29, 0.717) is 5.56 Å². The van der Waals surface area contributed by atoms with Crippen molar-refractivity contribution in [2.24, 2.45) is 0 Å². The first kappa shape index (κ1) is 12.3. The van der Waals surface area contributed by atoms with Gasteiger partial charge in [0.25, 0.3) is 0 Å². The molecule has 3 nitrogen and oxygen atoms in total. The number of rotatable bonds is 4. The predicted octanol–water partition coefficient (Wildman–Crippen LogP) is 2.80. The van der Waals surface area contributed by atoms with E-state index in [4.69, 9.17) is 5.26 Å². The highest BCUT2D eigenvalue weighted by atomic mass is 14.9. The fourth-order valence-corrected chi connectivity index (χ4v) is 1.77. The standard InChI is InChI=1S/C15H15N3/c1-12(15-6-2-4-13(8-15)9-16)18-11-14-5-3-7-17-10-14/h2-8,10,12,18H,11H2,1H3. The van der Waals surface area contributed by atoms with E-state index in [9.17, 15) is 0 Å². The van der Waals surface area contributed by atoms with Gasteiger partial charge >= 0.3 is 0 Å². The quantitative estimate of drug-likeness (QED) is 0.889. The molecule has 0 spiro atoms. The maximum atomic E-state index is 8.87. The van der Waals surface area contributed by atoms with Gasteiger partial charge in [-0.25, -0.2) is 0 Å². The maximum Gasteiger partial charge on any atom is 0.0991 e. The molecule has 1 aromatic heterocycles. The molecule has 2 aromatic rings. The average molecular weight is 237 g/mol. The summed E-state index contributed by atoms with van der Waals surface area (Å²) in [6.45, 7) is 2.86. The highest BCUT2D eigenvalue weighted by Crippen LogP contribution is 2.14. The fourth-order valence-electron chi connectivity index (χ4n) is 1.77. The summed E-state index contributed by atoms with van der Waals surface area (Å²) in [5.41, 5.74) is 2.97. The lowest BCUT2D eigenvalue weighted by atomic mass is 10.1. The van der Waals surface area contributed by atoms with Crippen LogP contribution in [0, 0.1) is 11.3 Å².